The smallest absolute Gasteiger partial charge is 0.259 e. The second-order valence-electron chi connectivity index (χ2n) is 5.91. The summed E-state index contributed by atoms with van der Waals surface area (Å²) in [7, 11) is 0. The van der Waals surface area contributed by atoms with Crippen LogP contribution < -0.4 is 10.6 Å². The first-order valence-corrected chi connectivity index (χ1v) is 8.33. The summed E-state index contributed by atoms with van der Waals surface area (Å²) in [5.41, 5.74) is 1.03. The maximum absolute atomic E-state index is 13.7. The van der Waals surface area contributed by atoms with E-state index in [0.29, 0.717) is 24.7 Å². The number of aromatic nitrogens is 1. The third-order valence-electron chi connectivity index (χ3n) is 3.94. The van der Waals surface area contributed by atoms with Crippen molar-refractivity contribution in [3.63, 3.8) is 0 Å². The zero-order valence-corrected chi connectivity index (χ0v) is 14.5. The monoisotopic (exact) mass is 389 g/mol. The van der Waals surface area contributed by atoms with Crippen LogP contribution in [0.25, 0.3) is 0 Å². The molecular formula is C20H15F4N3O. The summed E-state index contributed by atoms with van der Waals surface area (Å²) in [5, 5.41) is 5.44. The number of carbonyl (C=O) groups excluding carboxylic acids is 1. The van der Waals surface area contributed by atoms with Gasteiger partial charge in [0.05, 0.1) is 17.4 Å². The second kappa shape index (κ2) is 8.51. The minimum atomic E-state index is -1.71. The van der Waals surface area contributed by atoms with Gasteiger partial charge in [-0.25, -0.2) is 22.5 Å². The largest absolute Gasteiger partial charge is 0.383 e. The number of hydrogen-bond acceptors (Lipinski definition) is 3. The topological polar surface area (TPSA) is 54.0 Å². The minimum absolute atomic E-state index is 0.123. The maximum atomic E-state index is 13.7. The highest BCUT2D eigenvalue weighted by Gasteiger charge is 2.19. The van der Waals surface area contributed by atoms with E-state index in [2.05, 4.69) is 15.6 Å². The van der Waals surface area contributed by atoms with Gasteiger partial charge in [-0.15, -0.1) is 0 Å². The molecule has 0 radical (unpaired) electrons. The van der Waals surface area contributed by atoms with Crippen LogP contribution in [0.4, 0.5) is 29.1 Å². The molecule has 8 heteroatoms. The van der Waals surface area contributed by atoms with Crippen molar-refractivity contribution in [3.05, 3.63) is 89.1 Å². The molecule has 0 saturated heterocycles. The first-order chi connectivity index (χ1) is 13.4. The first kappa shape index (κ1) is 19.3. The average molecular weight is 389 g/mol. The minimum Gasteiger partial charge on any atom is -0.383 e. The zero-order valence-electron chi connectivity index (χ0n) is 14.5. The molecule has 0 spiro atoms. The summed E-state index contributed by atoms with van der Waals surface area (Å²) >= 11 is 0. The number of hydrogen-bond donors (Lipinski definition) is 2. The standard InChI is InChI=1S/C20H15F4N3O/c21-13-3-1-12(2-4-13)9-10-25-14-5-8-17(26-11-14)27-20(28)15-6-7-16(22)19(24)18(15)23/h1-8,11,25H,9-10H2,(H,26,27,28). The van der Waals surface area contributed by atoms with Crippen LogP contribution in [0.1, 0.15) is 15.9 Å². The molecule has 4 nitrogen and oxygen atoms in total. The van der Waals surface area contributed by atoms with Crippen molar-refractivity contribution < 1.29 is 22.4 Å². The third kappa shape index (κ3) is 4.64. The maximum Gasteiger partial charge on any atom is 0.259 e. The highest BCUT2D eigenvalue weighted by atomic mass is 19.2. The molecular weight excluding hydrogens is 374 g/mol. The molecule has 0 saturated carbocycles. The van der Waals surface area contributed by atoms with Crippen LogP contribution in [0.3, 0.4) is 0 Å². The van der Waals surface area contributed by atoms with E-state index in [1.54, 1.807) is 18.2 Å². The molecule has 28 heavy (non-hydrogen) atoms. The number of carbonyl (C=O) groups is 1. The molecule has 2 aromatic carbocycles. The van der Waals surface area contributed by atoms with Crippen LogP contribution in [-0.4, -0.2) is 17.4 Å². The van der Waals surface area contributed by atoms with Gasteiger partial charge in [0.15, 0.2) is 17.5 Å². The first-order valence-electron chi connectivity index (χ1n) is 8.33. The van der Waals surface area contributed by atoms with Gasteiger partial charge in [-0.3, -0.25) is 4.79 Å². The molecule has 144 valence electrons. The molecule has 0 aliphatic heterocycles. The van der Waals surface area contributed by atoms with Gasteiger partial charge in [-0.1, -0.05) is 12.1 Å². The second-order valence-corrected chi connectivity index (χ2v) is 5.91. The lowest BCUT2D eigenvalue weighted by Gasteiger charge is -2.09. The van der Waals surface area contributed by atoms with Crippen molar-refractivity contribution in [1.82, 2.24) is 4.98 Å². The molecule has 0 atom stereocenters. The molecule has 1 heterocycles. The van der Waals surface area contributed by atoms with E-state index in [0.717, 1.165) is 11.6 Å². The van der Waals surface area contributed by atoms with Crippen LogP contribution in [0.2, 0.25) is 0 Å². The number of halogens is 4. The molecule has 0 aliphatic carbocycles. The number of rotatable bonds is 6. The Hall–Kier alpha value is -3.42. The van der Waals surface area contributed by atoms with Crippen molar-refractivity contribution in [1.29, 1.82) is 0 Å². The lowest BCUT2D eigenvalue weighted by atomic mass is 10.1. The summed E-state index contributed by atoms with van der Waals surface area (Å²) in [6, 6.07) is 10.8. The Kier molecular flexibility index (Phi) is 5.88. The number of benzene rings is 2. The van der Waals surface area contributed by atoms with E-state index in [9.17, 15) is 22.4 Å². The molecule has 3 rings (SSSR count). The molecule has 1 amide bonds. The quantitative estimate of drug-likeness (QED) is 0.481. The Bertz CT molecular complexity index is 976. The van der Waals surface area contributed by atoms with Crippen LogP contribution in [0.5, 0.6) is 0 Å². The van der Waals surface area contributed by atoms with Crippen molar-refractivity contribution in [2.24, 2.45) is 0 Å². The van der Waals surface area contributed by atoms with Crippen molar-refractivity contribution >= 4 is 17.4 Å². The fourth-order valence-electron chi connectivity index (χ4n) is 2.46. The highest BCUT2D eigenvalue weighted by Crippen LogP contribution is 2.17. The number of pyridine rings is 1. The fourth-order valence-corrected chi connectivity index (χ4v) is 2.46. The predicted molar refractivity (Wildman–Crippen MR) is 97.1 cm³/mol. The van der Waals surface area contributed by atoms with Crippen LogP contribution in [0, 0.1) is 23.3 Å². The van der Waals surface area contributed by atoms with E-state index in [4.69, 9.17) is 0 Å². The lowest BCUT2D eigenvalue weighted by molar-refractivity contribution is 0.102. The van der Waals surface area contributed by atoms with Gasteiger partial charge in [0, 0.05) is 6.54 Å². The van der Waals surface area contributed by atoms with Crippen LogP contribution in [0.15, 0.2) is 54.7 Å². The van der Waals surface area contributed by atoms with Crippen molar-refractivity contribution in [2.45, 2.75) is 6.42 Å². The molecule has 0 fully saturated rings. The van der Waals surface area contributed by atoms with Gasteiger partial charge < -0.3 is 10.6 Å². The molecule has 0 unspecified atom stereocenters. The molecule has 1 aromatic heterocycles. The lowest BCUT2D eigenvalue weighted by Crippen LogP contribution is -2.16. The molecule has 0 aliphatic rings. The van der Waals surface area contributed by atoms with Gasteiger partial charge in [0.25, 0.3) is 5.91 Å². The Labute approximate surface area is 158 Å². The predicted octanol–water partition coefficient (Wildman–Crippen LogP) is 4.54. The Balaban J connectivity index is 1.56. The number of nitrogens with one attached hydrogen (secondary N) is 2. The van der Waals surface area contributed by atoms with Crippen LogP contribution in [-0.2, 0) is 6.42 Å². The average Bonchev–Trinajstić information content (AvgIpc) is 2.69. The SMILES string of the molecule is O=C(Nc1ccc(NCCc2ccc(F)cc2)cn1)c1ccc(F)c(F)c1F. The summed E-state index contributed by atoms with van der Waals surface area (Å²) in [4.78, 5) is 16.0. The van der Waals surface area contributed by atoms with Gasteiger partial charge >= 0.3 is 0 Å². The van der Waals surface area contributed by atoms with Crippen molar-refractivity contribution in [3.8, 4) is 0 Å². The van der Waals surface area contributed by atoms with Gasteiger partial charge in [0.1, 0.15) is 11.6 Å². The summed E-state index contributed by atoms with van der Waals surface area (Å²) in [5.74, 6) is -5.75. The summed E-state index contributed by atoms with van der Waals surface area (Å²) in [6.07, 6.45) is 2.13. The Morgan fingerprint density at radius 2 is 1.64 bits per heavy atom. The van der Waals surface area contributed by atoms with E-state index in [-0.39, 0.29) is 11.6 Å². The normalized spacial score (nSPS) is 10.6. The Morgan fingerprint density at radius 3 is 2.32 bits per heavy atom. The zero-order chi connectivity index (χ0) is 20.1. The highest BCUT2D eigenvalue weighted by molar-refractivity contribution is 6.04. The molecule has 0 bridgehead atoms. The van der Waals surface area contributed by atoms with E-state index >= 15 is 0 Å². The van der Waals surface area contributed by atoms with E-state index in [1.807, 2.05) is 0 Å². The number of nitrogens with zero attached hydrogens (tertiary/aromatic N) is 1. The van der Waals surface area contributed by atoms with Crippen LogP contribution >= 0.6 is 0 Å². The molecule has 3 aromatic rings. The van der Waals surface area contributed by atoms with E-state index in [1.165, 1.54) is 24.4 Å². The number of anilines is 2. The summed E-state index contributed by atoms with van der Waals surface area (Å²) in [6.45, 7) is 0.582. The van der Waals surface area contributed by atoms with Gasteiger partial charge in [-0.2, -0.15) is 0 Å². The van der Waals surface area contributed by atoms with E-state index < -0.39 is 28.9 Å². The van der Waals surface area contributed by atoms with Crippen molar-refractivity contribution in [2.75, 3.05) is 17.2 Å². The van der Waals surface area contributed by atoms with Gasteiger partial charge in [-0.05, 0) is 48.4 Å². The Morgan fingerprint density at radius 1 is 0.893 bits per heavy atom. The molecule has 2 N–H and O–H groups in total. The summed E-state index contributed by atoms with van der Waals surface area (Å²) < 4.78 is 52.7. The number of amides is 1. The fraction of sp³-hybridized carbons (Fsp3) is 0.100. The third-order valence-corrected chi connectivity index (χ3v) is 3.94. The van der Waals surface area contributed by atoms with Gasteiger partial charge in [0.2, 0.25) is 0 Å².